The maximum atomic E-state index is 13.5. The third kappa shape index (κ3) is 7.30. The number of esters is 1. The highest BCUT2D eigenvalue weighted by Gasteiger charge is 2.29. The van der Waals surface area contributed by atoms with E-state index in [-0.39, 0.29) is 24.0 Å². The number of carbonyl (C=O) groups excluding carboxylic acids is 4. The van der Waals surface area contributed by atoms with Gasteiger partial charge in [-0.05, 0) is 54.8 Å². The van der Waals surface area contributed by atoms with Crippen molar-refractivity contribution < 1.29 is 33.8 Å². The molecule has 0 saturated carbocycles. The Morgan fingerprint density at radius 1 is 0.851 bits per heavy atom. The van der Waals surface area contributed by atoms with Crippen molar-refractivity contribution in [3.8, 4) is 0 Å². The topological polar surface area (TPSA) is 167 Å². The average molecular weight is 635 g/mol. The number of hydrogen-bond donors (Lipinski definition) is 5. The number of aromatic nitrogens is 1. The first-order chi connectivity index (χ1) is 22.5. The number of aryl methyl sites for hydroxylation is 1. The van der Waals surface area contributed by atoms with Gasteiger partial charge in [-0.1, -0.05) is 60.7 Å². The Morgan fingerprint density at radius 3 is 2.04 bits per heavy atom. The maximum absolute atomic E-state index is 13.5. The van der Waals surface area contributed by atoms with Crippen molar-refractivity contribution >= 4 is 47.0 Å². The van der Waals surface area contributed by atoms with E-state index < -0.39 is 41.7 Å². The van der Waals surface area contributed by atoms with Crippen LogP contribution in [0.4, 0.5) is 5.69 Å². The van der Waals surface area contributed by atoms with Crippen LogP contribution in [0.3, 0.4) is 0 Å². The molecule has 2 heterocycles. The van der Waals surface area contributed by atoms with Gasteiger partial charge in [-0.3, -0.25) is 14.4 Å². The van der Waals surface area contributed by atoms with Crippen LogP contribution >= 0.6 is 0 Å². The van der Waals surface area contributed by atoms with E-state index in [9.17, 15) is 29.1 Å². The smallest absolute Gasteiger partial charge is 0.328 e. The normalized spacial score (nSPS) is 14.1. The van der Waals surface area contributed by atoms with E-state index in [2.05, 4.69) is 20.9 Å². The standard InChI is InChI=1S/C36H34N4O7/c1-20-28(37-21(2)31(20)34(43)40-30(36(46)47-3)17-23-12-8-5-9-13-23)19-26-25-18-24(14-15-27(25)38-33(26)42)32(41)39-29(35(44)45)16-22-10-6-4-7-11-22/h4-15,18-19,29-30,37H,16-17H2,1-3H3,(H,38,42)(H,39,41)(H,40,43)(H,44,45)/b26-19-/t29-,30+/m0/s1. The summed E-state index contributed by atoms with van der Waals surface area (Å²) in [6.07, 6.45) is 1.94. The van der Waals surface area contributed by atoms with Gasteiger partial charge in [0, 0.05) is 41.0 Å². The van der Waals surface area contributed by atoms with Crippen molar-refractivity contribution in [3.63, 3.8) is 0 Å². The van der Waals surface area contributed by atoms with Crippen molar-refractivity contribution in [3.05, 3.63) is 124 Å². The summed E-state index contributed by atoms with van der Waals surface area (Å²) >= 11 is 0. The van der Waals surface area contributed by atoms with Gasteiger partial charge in [-0.15, -0.1) is 0 Å². The van der Waals surface area contributed by atoms with Gasteiger partial charge in [-0.2, -0.15) is 0 Å². The molecule has 240 valence electrons. The Hall–Kier alpha value is -5.97. The number of nitrogens with one attached hydrogen (secondary N) is 4. The molecule has 5 N–H and O–H groups in total. The van der Waals surface area contributed by atoms with Crippen LogP contribution in [-0.2, 0) is 32.0 Å². The lowest BCUT2D eigenvalue weighted by molar-refractivity contribution is -0.143. The van der Waals surface area contributed by atoms with Crippen LogP contribution in [0, 0.1) is 13.8 Å². The second-order valence-corrected chi connectivity index (χ2v) is 11.2. The molecule has 11 nitrogen and oxygen atoms in total. The molecule has 0 aliphatic carbocycles. The zero-order valence-electron chi connectivity index (χ0n) is 26.0. The van der Waals surface area contributed by atoms with E-state index in [1.54, 1.807) is 50.3 Å². The molecule has 4 aromatic rings. The number of carboxylic acid groups (broad SMARTS) is 1. The number of H-pyrrole nitrogens is 1. The Labute approximate surface area is 271 Å². The third-order valence-electron chi connectivity index (χ3n) is 8.02. The maximum Gasteiger partial charge on any atom is 0.328 e. The first-order valence-electron chi connectivity index (χ1n) is 14.9. The number of aromatic amines is 1. The van der Waals surface area contributed by atoms with Gasteiger partial charge >= 0.3 is 11.9 Å². The minimum absolute atomic E-state index is 0.103. The van der Waals surface area contributed by atoms with Gasteiger partial charge in [0.05, 0.1) is 18.2 Å². The number of ether oxygens (including phenoxy) is 1. The minimum atomic E-state index is -1.17. The van der Waals surface area contributed by atoms with Crippen molar-refractivity contribution in [2.24, 2.45) is 0 Å². The molecule has 3 aromatic carbocycles. The molecular formula is C36H34N4O7. The van der Waals surface area contributed by atoms with Crippen LogP contribution in [-0.4, -0.2) is 58.9 Å². The molecular weight excluding hydrogens is 600 g/mol. The summed E-state index contributed by atoms with van der Waals surface area (Å²) in [5.41, 5.74) is 4.87. The lowest BCUT2D eigenvalue weighted by Crippen LogP contribution is -2.43. The second kappa shape index (κ2) is 14.0. The van der Waals surface area contributed by atoms with E-state index >= 15 is 0 Å². The summed E-state index contributed by atoms with van der Waals surface area (Å²) < 4.78 is 4.93. The highest BCUT2D eigenvalue weighted by molar-refractivity contribution is 6.35. The summed E-state index contributed by atoms with van der Waals surface area (Å²) in [6, 6.07) is 20.8. The molecule has 0 unspecified atom stereocenters. The van der Waals surface area contributed by atoms with E-state index in [1.807, 2.05) is 36.4 Å². The number of benzene rings is 3. The van der Waals surface area contributed by atoms with Gasteiger partial charge in [-0.25, -0.2) is 9.59 Å². The molecule has 11 heteroatoms. The zero-order chi connectivity index (χ0) is 33.7. The van der Waals surface area contributed by atoms with Crippen LogP contribution in [0.1, 0.15) is 54.4 Å². The molecule has 0 fully saturated rings. The predicted molar refractivity (Wildman–Crippen MR) is 176 cm³/mol. The molecule has 5 rings (SSSR count). The molecule has 0 saturated heterocycles. The average Bonchev–Trinajstić information content (AvgIpc) is 3.53. The van der Waals surface area contributed by atoms with Gasteiger partial charge in [0.25, 0.3) is 17.7 Å². The summed E-state index contributed by atoms with van der Waals surface area (Å²) in [5, 5.41) is 17.9. The molecule has 2 atom stereocenters. The Balaban J connectivity index is 1.38. The number of aliphatic carboxylic acids is 1. The van der Waals surface area contributed by atoms with E-state index in [0.717, 1.165) is 11.1 Å². The molecule has 1 aliphatic heterocycles. The number of carboxylic acids is 1. The van der Waals surface area contributed by atoms with Gasteiger partial charge in [0.15, 0.2) is 0 Å². The first-order valence-corrected chi connectivity index (χ1v) is 14.9. The first kappa shape index (κ1) is 32.4. The molecule has 0 bridgehead atoms. The fourth-order valence-corrected chi connectivity index (χ4v) is 5.58. The van der Waals surface area contributed by atoms with Crippen molar-refractivity contribution in [2.75, 3.05) is 12.4 Å². The van der Waals surface area contributed by atoms with Crippen LogP contribution < -0.4 is 16.0 Å². The third-order valence-corrected chi connectivity index (χ3v) is 8.02. The quantitative estimate of drug-likeness (QED) is 0.123. The summed E-state index contributed by atoms with van der Waals surface area (Å²) in [6.45, 7) is 3.44. The number of amides is 3. The minimum Gasteiger partial charge on any atom is -0.480 e. The molecule has 0 spiro atoms. The number of hydrogen-bond acceptors (Lipinski definition) is 6. The predicted octanol–water partition coefficient (Wildman–Crippen LogP) is 4.06. The molecule has 1 aromatic heterocycles. The van der Waals surface area contributed by atoms with Gasteiger partial charge < -0.3 is 30.8 Å². The number of anilines is 1. The molecule has 47 heavy (non-hydrogen) atoms. The zero-order valence-corrected chi connectivity index (χ0v) is 26.0. The van der Waals surface area contributed by atoms with Crippen molar-refractivity contribution in [1.82, 2.24) is 15.6 Å². The lowest BCUT2D eigenvalue weighted by Gasteiger charge is -2.17. The summed E-state index contributed by atoms with van der Waals surface area (Å²) in [5.74, 6) is -3.24. The fourth-order valence-electron chi connectivity index (χ4n) is 5.58. The fraction of sp³-hybridized carbons (Fsp3) is 0.194. The number of rotatable bonds is 11. The second-order valence-electron chi connectivity index (χ2n) is 11.2. The Bertz CT molecular complexity index is 1880. The van der Waals surface area contributed by atoms with E-state index in [1.165, 1.54) is 19.2 Å². The summed E-state index contributed by atoms with van der Waals surface area (Å²) in [7, 11) is 1.26. The molecule has 1 aliphatic rings. The SMILES string of the molecule is COC(=O)[C@@H](Cc1ccccc1)NC(=O)c1c(C)[nH]c(/C=C2\C(=O)Nc3ccc(C(=O)N[C@@H](Cc4ccccc4)C(=O)O)cc32)c1C. The van der Waals surface area contributed by atoms with Gasteiger partial charge in [0.1, 0.15) is 12.1 Å². The monoisotopic (exact) mass is 634 g/mol. The van der Waals surface area contributed by atoms with E-state index in [4.69, 9.17) is 4.74 Å². The molecule has 0 radical (unpaired) electrons. The van der Waals surface area contributed by atoms with Crippen molar-refractivity contribution in [2.45, 2.75) is 38.8 Å². The van der Waals surface area contributed by atoms with Crippen LogP contribution in [0.25, 0.3) is 11.6 Å². The number of methoxy groups -OCH3 is 1. The van der Waals surface area contributed by atoms with E-state index in [0.29, 0.717) is 33.8 Å². The van der Waals surface area contributed by atoms with Gasteiger partial charge in [0.2, 0.25) is 0 Å². The van der Waals surface area contributed by atoms with Crippen LogP contribution in [0.5, 0.6) is 0 Å². The van der Waals surface area contributed by atoms with Crippen LogP contribution in [0.15, 0.2) is 78.9 Å². The largest absolute Gasteiger partial charge is 0.480 e. The van der Waals surface area contributed by atoms with Crippen molar-refractivity contribution in [1.29, 1.82) is 0 Å². The highest BCUT2D eigenvalue weighted by Crippen LogP contribution is 2.35. The Morgan fingerprint density at radius 2 is 1.45 bits per heavy atom. The number of carbonyl (C=O) groups is 5. The lowest BCUT2D eigenvalue weighted by atomic mass is 10.0. The highest BCUT2D eigenvalue weighted by atomic mass is 16.5. The summed E-state index contributed by atoms with van der Waals surface area (Å²) in [4.78, 5) is 67.3. The van der Waals surface area contributed by atoms with Crippen LogP contribution in [0.2, 0.25) is 0 Å². The number of fused-ring (bicyclic) bond motifs is 1. The Kier molecular flexibility index (Phi) is 9.65. The molecule has 3 amide bonds.